The molecule has 10 heteroatoms. The van der Waals surface area contributed by atoms with E-state index in [9.17, 15) is 16.8 Å². The van der Waals surface area contributed by atoms with E-state index in [0.717, 1.165) is 9.98 Å². The van der Waals surface area contributed by atoms with Gasteiger partial charge in [-0.15, -0.1) is 0 Å². The van der Waals surface area contributed by atoms with Crippen LogP contribution in [0.25, 0.3) is 0 Å². The second-order valence-corrected chi connectivity index (χ2v) is 11.5. The van der Waals surface area contributed by atoms with Crippen molar-refractivity contribution < 1.29 is 21.6 Å². The summed E-state index contributed by atoms with van der Waals surface area (Å²) in [5.41, 5.74) is 2.39. The summed E-state index contributed by atoms with van der Waals surface area (Å²) in [6.07, 6.45) is 0.337. The first-order valence-corrected chi connectivity index (χ1v) is 13.7. The Hall–Kier alpha value is -3.37. The molecule has 0 spiro atoms. The second-order valence-electron chi connectivity index (χ2n) is 7.72. The molecule has 0 saturated heterocycles. The second kappa shape index (κ2) is 9.47. The van der Waals surface area contributed by atoms with Gasteiger partial charge >= 0.3 is 0 Å². The summed E-state index contributed by atoms with van der Waals surface area (Å²) in [7, 11) is -5.90. The van der Waals surface area contributed by atoms with Crippen LogP contribution in [0.4, 0.5) is 5.69 Å². The van der Waals surface area contributed by atoms with E-state index in [4.69, 9.17) is 4.74 Å². The molecule has 0 aromatic heterocycles. The van der Waals surface area contributed by atoms with E-state index in [2.05, 4.69) is 9.82 Å². The minimum atomic E-state index is -3.97. The lowest BCUT2D eigenvalue weighted by atomic mass is 9.99. The minimum Gasteiger partial charge on any atom is -0.497 e. The Morgan fingerprint density at radius 3 is 2.32 bits per heavy atom. The third-order valence-corrected chi connectivity index (χ3v) is 8.51. The van der Waals surface area contributed by atoms with Crippen molar-refractivity contribution in [1.82, 2.24) is 4.41 Å². The van der Waals surface area contributed by atoms with Crippen LogP contribution in [0.15, 0.2) is 88.9 Å². The van der Waals surface area contributed by atoms with Gasteiger partial charge in [-0.1, -0.05) is 42.5 Å². The predicted octanol–water partition coefficient (Wildman–Crippen LogP) is 4.00. The van der Waals surface area contributed by atoms with Crippen LogP contribution in [0.3, 0.4) is 0 Å². The average molecular weight is 500 g/mol. The van der Waals surface area contributed by atoms with Gasteiger partial charge in [-0.25, -0.2) is 8.42 Å². The normalized spacial score (nSPS) is 16.2. The Kier molecular flexibility index (Phi) is 6.63. The van der Waals surface area contributed by atoms with E-state index in [0.29, 0.717) is 29.1 Å². The summed E-state index contributed by atoms with van der Waals surface area (Å²) in [6, 6.07) is 21.7. The van der Waals surface area contributed by atoms with E-state index >= 15 is 0 Å². The number of methoxy groups -OCH3 is 1. The SMILES string of the molecule is CCS(=O)(=O)Nc1cccc(C2=NN(S(=O)(=O)c3ccc(OC)cc3)[C@@H](c3ccccc3)C2)c1. The molecule has 178 valence electrons. The number of sulfonamides is 2. The van der Waals surface area contributed by atoms with Crippen LogP contribution < -0.4 is 9.46 Å². The monoisotopic (exact) mass is 499 g/mol. The number of hydrogen-bond acceptors (Lipinski definition) is 6. The Bertz CT molecular complexity index is 1400. The highest BCUT2D eigenvalue weighted by Gasteiger charge is 2.37. The van der Waals surface area contributed by atoms with E-state index in [1.165, 1.54) is 19.2 Å². The molecule has 0 saturated carbocycles. The zero-order valence-corrected chi connectivity index (χ0v) is 20.4. The summed E-state index contributed by atoms with van der Waals surface area (Å²) < 4.78 is 59.9. The highest BCUT2D eigenvalue weighted by Crippen LogP contribution is 2.37. The Balaban J connectivity index is 1.75. The maximum Gasteiger partial charge on any atom is 0.279 e. The molecule has 1 aliphatic heterocycles. The lowest BCUT2D eigenvalue weighted by Crippen LogP contribution is -2.27. The van der Waals surface area contributed by atoms with Crippen LogP contribution in [0.2, 0.25) is 0 Å². The van der Waals surface area contributed by atoms with Gasteiger partial charge < -0.3 is 4.74 Å². The van der Waals surface area contributed by atoms with Crippen molar-refractivity contribution in [3.8, 4) is 5.75 Å². The Labute approximate surface area is 200 Å². The van der Waals surface area contributed by atoms with Crippen LogP contribution in [-0.2, 0) is 20.0 Å². The average Bonchev–Trinajstić information content (AvgIpc) is 3.31. The third-order valence-electron chi connectivity index (χ3n) is 5.51. The predicted molar refractivity (Wildman–Crippen MR) is 132 cm³/mol. The number of hydrogen-bond donors (Lipinski definition) is 1. The Morgan fingerprint density at radius 2 is 1.68 bits per heavy atom. The molecule has 0 unspecified atom stereocenters. The van der Waals surface area contributed by atoms with Gasteiger partial charge in [0.15, 0.2) is 0 Å². The molecular weight excluding hydrogens is 474 g/mol. The molecular formula is C24H25N3O5S2. The van der Waals surface area contributed by atoms with Crippen molar-refractivity contribution in [3.63, 3.8) is 0 Å². The number of nitrogens with one attached hydrogen (secondary N) is 1. The standard InChI is InChI=1S/C24H25N3O5S2/c1-3-33(28,29)26-20-11-7-10-19(16-20)23-17-24(18-8-5-4-6-9-18)27(25-23)34(30,31)22-14-12-21(32-2)13-15-22/h4-16,24,26H,3,17H2,1-2H3/t24-/m1/s1. The van der Waals surface area contributed by atoms with Crippen molar-refractivity contribution in [2.24, 2.45) is 5.10 Å². The van der Waals surface area contributed by atoms with Crippen molar-refractivity contribution in [1.29, 1.82) is 0 Å². The number of ether oxygens (including phenoxy) is 1. The maximum atomic E-state index is 13.6. The first-order valence-electron chi connectivity index (χ1n) is 10.7. The molecule has 1 heterocycles. The van der Waals surface area contributed by atoms with Crippen LogP contribution in [0, 0.1) is 0 Å². The van der Waals surface area contributed by atoms with Gasteiger partial charge in [0.1, 0.15) is 5.75 Å². The smallest absolute Gasteiger partial charge is 0.279 e. The molecule has 4 rings (SSSR count). The van der Waals surface area contributed by atoms with Gasteiger partial charge in [-0.3, -0.25) is 4.72 Å². The number of benzene rings is 3. The topological polar surface area (TPSA) is 105 Å². The van der Waals surface area contributed by atoms with Gasteiger partial charge in [0.2, 0.25) is 10.0 Å². The zero-order valence-electron chi connectivity index (χ0n) is 18.7. The zero-order chi connectivity index (χ0) is 24.3. The number of nitrogens with zero attached hydrogens (tertiary/aromatic N) is 2. The summed E-state index contributed by atoms with van der Waals surface area (Å²) in [4.78, 5) is 0.101. The summed E-state index contributed by atoms with van der Waals surface area (Å²) in [5.74, 6) is 0.498. The maximum absolute atomic E-state index is 13.6. The fourth-order valence-corrected chi connectivity index (χ4v) is 5.74. The quantitative estimate of drug-likeness (QED) is 0.504. The molecule has 1 aliphatic rings. The van der Waals surface area contributed by atoms with Gasteiger partial charge in [0.05, 0.1) is 29.5 Å². The first kappa shape index (κ1) is 23.8. The van der Waals surface area contributed by atoms with Gasteiger partial charge in [-0.05, 0) is 54.4 Å². The molecule has 0 fully saturated rings. The lowest BCUT2D eigenvalue weighted by Gasteiger charge is -2.23. The van der Waals surface area contributed by atoms with Gasteiger partial charge in [0, 0.05) is 12.1 Å². The van der Waals surface area contributed by atoms with Crippen LogP contribution in [0.1, 0.15) is 30.5 Å². The molecule has 1 atom stereocenters. The molecule has 1 N–H and O–H groups in total. The van der Waals surface area contributed by atoms with Crippen molar-refractivity contribution >= 4 is 31.4 Å². The van der Waals surface area contributed by atoms with Crippen LogP contribution in [0.5, 0.6) is 5.75 Å². The molecule has 3 aromatic rings. The van der Waals surface area contributed by atoms with E-state index in [-0.39, 0.29) is 10.6 Å². The number of rotatable bonds is 8. The summed E-state index contributed by atoms with van der Waals surface area (Å²) in [5, 5.41) is 4.52. The van der Waals surface area contributed by atoms with Crippen LogP contribution >= 0.6 is 0 Å². The fourth-order valence-electron chi connectivity index (χ4n) is 3.68. The van der Waals surface area contributed by atoms with Gasteiger partial charge in [0.25, 0.3) is 10.0 Å². The lowest BCUT2D eigenvalue weighted by molar-refractivity contribution is 0.371. The minimum absolute atomic E-state index is 0.0534. The van der Waals surface area contributed by atoms with E-state index in [1.807, 2.05) is 30.3 Å². The van der Waals surface area contributed by atoms with Crippen molar-refractivity contribution in [2.45, 2.75) is 24.3 Å². The van der Waals surface area contributed by atoms with Gasteiger partial charge in [-0.2, -0.15) is 17.9 Å². The largest absolute Gasteiger partial charge is 0.497 e. The molecule has 0 aliphatic carbocycles. The highest BCUT2D eigenvalue weighted by molar-refractivity contribution is 7.92. The summed E-state index contributed by atoms with van der Waals surface area (Å²) in [6.45, 7) is 1.56. The molecule has 3 aromatic carbocycles. The van der Waals surface area contributed by atoms with Crippen molar-refractivity contribution in [2.75, 3.05) is 17.6 Å². The number of hydrazone groups is 1. The molecule has 0 bridgehead atoms. The number of anilines is 1. The van der Waals surface area contributed by atoms with Crippen molar-refractivity contribution in [3.05, 3.63) is 90.0 Å². The fraction of sp³-hybridized carbons (Fsp3) is 0.208. The molecule has 34 heavy (non-hydrogen) atoms. The summed E-state index contributed by atoms with van der Waals surface area (Å²) >= 11 is 0. The highest BCUT2D eigenvalue weighted by atomic mass is 32.2. The van der Waals surface area contributed by atoms with E-state index < -0.39 is 26.1 Å². The molecule has 0 radical (unpaired) electrons. The van der Waals surface area contributed by atoms with E-state index in [1.54, 1.807) is 43.3 Å². The first-order chi connectivity index (χ1) is 16.2. The third kappa shape index (κ3) is 4.92. The molecule has 8 nitrogen and oxygen atoms in total. The molecule has 0 amide bonds. The van der Waals surface area contributed by atoms with Crippen LogP contribution in [-0.4, -0.2) is 39.8 Å². The Morgan fingerprint density at radius 1 is 0.971 bits per heavy atom.